The molecule has 2 aromatic carbocycles. The first-order valence-corrected chi connectivity index (χ1v) is 7.78. The van der Waals surface area contributed by atoms with Gasteiger partial charge in [-0.1, -0.05) is 38.1 Å². The highest BCUT2D eigenvalue weighted by Gasteiger charge is 2.02. The number of rotatable bonds is 7. The summed E-state index contributed by atoms with van der Waals surface area (Å²) in [7, 11) is 0. The predicted molar refractivity (Wildman–Crippen MR) is 90.1 cm³/mol. The number of nitrogens with one attached hydrogen (secondary N) is 1. The van der Waals surface area contributed by atoms with Crippen molar-refractivity contribution in [2.24, 2.45) is 0 Å². The monoisotopic (exact) mass is 283 g/mol. The Balaban J connectivity index is 1.95. The number of hydrogen-bond donors (Lipinski definition) is 1. The highest BCUT2D eigenvalue weighted by molar-refractivity contribution is 5.46. The van der Waals surface area contributed by atoms with Gasteiger partial charge in [0.2, 0.25) is 0 Å². The van der Waals surface area contributed by atoms with Gasteiger partial charge in [-0.25, -0.2) is 0 Å². The lowest BCUT2D eigenvalue weighted by Gasteiger charge is -2.11. The first-order chi connectivity index (χ1) is 10.2. The average Bonchev–Trinajstić information content (AvgIpc) is 2.53. The Morgan fingerprint density at radius 2 is 1.81 bits per heavy atom. The van der Waals surface area contributed by atoms with E-state index in [1.165, 1.54) is 17.5 Å². The van der Waals surface area contributed by atoms with Crippen LogP contribution in [0.15, 0.2) is 48.5 Å². The lowest BCUT2D eigenvalue weighted by molar-refractivity contribution is 0.340. The third-order valence-corrected chi connectivity index (χ3v) is 3.80. The van der Waals surface area contributed by atoms with Crippen LogP contribution in [0, 0.1) is 0 Å². The highest BCUT2D eigenvalue weighted by atomic mass is 16.5. The zero-order valence-corrected chi connectivity index (χ0v) is 13.2. The van der Waals surface area contributed by atoms with Gasteiger partial charge in [0.25, 0.3) is 0 Å². The second-order valence-corrected chi connectivity index (χ2v) is 5.37. The van der Waals surface area contributed by atoms with E-state index in [1.807, 2.05) is 19.1 Å². The Morgan fingerprint density at radius 3 is 2.48 bits per heavy atom. The van der Waals surface area contributed by atoms with Crippen molar-refractivity contribution in [3.8, 4) is 5.75 Å². The van der Waals surface area contributed by atoms with Crippen molar-refractivity contribution in [2.45, 2.75) is 39.7 Å². The fourth-order valence-electron chi connectivity index (χ4n) is 2.28. The summed E-state index contributed by atoms with van der Waals surface area (Å²) in [6.45, 7) is 8.01. The van der Waals surface area contributed by atoms with Crippen LogP contribution < -0.4 is 10.1 Å². The smallest absolute Gasteiger partial charge is 0.119 e. The topological polar surface area (TPSA) is 21.3 Å². The summed E-state index contributed by atoms with van der Waals surface area (Å²) in [5, 5.41) is 3.46. The van der Waals surface area contributed by atoms with Crippen LogP contribution in [0.1, 0.15) is 44.2 Å². The zero-order chi connectivity index (χ0) is 15.1. The number of ether oxygens (including phenoxy) is 1. The molecule has 0 fully saturated rings. The van der Waals surface area contributed by atoms with E-state index >= 15 is 0 Å². The van der Waals surface area contributed by atoms with Gasteiger partial charge in [0.1, 0.15) is 5.75 Å². The summed E-state index contributed by atoms with van der Waals surface area (Å²) in [5.41, 5.74) is 3.79. The fraction of sp³-hybridized carbons (Fsp3) is 0.368. The Labute approximate surface area is 128 Å². The van der Waals surface area contributed by atoms with Gasteiger partial charge < -0.3 is 10.1 Å². The minimum atomic E-state index is 0.627. The predicted octanol–water partition coefficient (Wildman–Crippen LogP) is 5.21. The van der Waals surface area contributed by atoms with Gasteiger partial charge in [-0.15, -0.1) is 0 Å². The van der Waals surface area contributed by atoms with Crippen molar-refractivity contribution in [1.82, 2.24) is 0 Å². The molecule has 21 heavy (non-hydrogen) atoms. The zero-order valence-electron chi connectivity index (χ0n) is 13.2. The van der Waals surface area contributed by atoms with Crippen LogP contribution in [0.25, 0.3) is 0 Å². The van der Waals surface area contributed by atoms with Gasteiger partial charge in [0.15, 0.2) is 0 Å². The molecule has 1 atom stereocenters. The molecule has 112 valence electrons. The van der Waals surface area contributed by atoms with E-state index < -0.39 is 0 Å². The molecule has 0 aliphatic rings. The Morgan fingerprint density at radius 1 is 1.05 bits per heavy atom. The minimum Gasteiger partial charge on any atom is -0.494 e. The van der Waals surface area contributed by atoms with E-state index in [-0.39, 0.29) is 0 Å². The average molecular weight is 283 g/mol. The summed E-state index contributed by atoms with van der Waals surface area (Å²) in [6, 6.07) is 17.0. The molecule has 0 aliphatic carbocycles. The summed E-state index contributed by atoms with van der Waals surface area (Å²) in [5.74, 6) is 1.56. The fourth-order valence-corrected chi connectivity index (χ4v) is 2.28. The van der Waals surface area contributed by atoms with Crippen molar-refractivity contribution in [1.29, 1.82) is 0 Å². The first kappa shape index (κ1) is 15.4. The molecule has 0 spiro atoms. The summed E-state index contributed by atoms with van der Waals surface area (Å²) in [4.78, 5) is 0. The number of hydrogen-bond acceptors (Lipinski definition) is 2. The number of benzene rings is 2. The van der Waals surface area contributed by atoms with Gasteiger partial charge in [-0.2, -0.15) is 0 Å². The Bertz CT molecular complexity index is 548. The third-order valence-electron chi connectivity index (χ3n) is 3.80. The SMILES string of the molecule is CCOc1cccc(CNc2ccc(C(C)CC)cc2)c1. The maximum absolute atomic E-state index is 5.53. The molecule has 0 heterocycles. The molecule has 0 radical (unpaired) electrons. The van der Waals surface area contributed by atoms with Crippen LogP contribution in [0.5, 0.6) is 5.75 Å². The van der Waals surface area contributed by atoms with Crippen LogP contribution >= 0.6 is 0 Å². The summed E-state index contributed by atoms with van der Waals surface area (Å²) >= 11 is 0. The first-order valence-electron chi connectivity index (χ1n) is 7.78. The Hall–Kier alpha value is -1.96. The standard InChI is InChI=1S/C19H25NO/c1-4-15(3)17-9-11-18(12-10-17)20-14-16-7-6-8-19(13-16)21-5-2/h6-13,15,20H,4-5,14H2,1-3H3. The van der Waals surface area contributed by atoms with Crippen LogP contribution in [0.3, 0.4) is 0 Å². The van der Waals surface area contributed by atoms with Gasteiger partial charge in [-0.05, 0) is 54.7 Å². The molecule has 0 aromatic heterocycles. The minimum absolute atomic E-state index is 0.627. The lowest BCUT2D eigenvalue weighted by atomic mass is 9.99. The lowest BCUT2D eigenvalue weighted by Crippen LogP contribution is -2.00. The maximum atomic E-state index is 5.53. The molecule has 2 nitrogen and oxygen atoms in total. The molecule has 2 aromatic rings. The van der Waals surface area contributed by atoms with Gasteiger partial charge in [-0.3, -0.25) is 0 Å². The van der Waals surface area contributed by atoms with Crippen molar-refractivity contribution in [3.05, 3.63) is 59.7 Å². The second-order valence-electron chi connectivity index (χ2n) is 5.37. The van der Waals surface area contributed by atoms with Crippen LogP contribution in [-0.4, -0.2) is 6.61 Å². The largest absolute Gasteiger partial charge is 0.494 e. The molecule has 0 saturated heterocycles. The second kappa shape index (κ2) is 7.72. The molecular formula is C19H25NO. The molecule has 1 N–H and O–H groups in total. The van der Waals surface area contributed by atoms with E-state index in [2.05, 4.69) is 55.6 Å². The van der Waals surface area contributed by atoms with E-state index in [9.17, 15) is 0 Å². The normalized spacial score (nSPS) is 12.0. The van der Waals surface area contributed by atoms with E-state index in [1.54, 1.807) is 0 Å². The third kappa shape index (κ3) is 4.52. The summed E-state index contributed by atoms with van der Waals surface area (Å²) in [6.07, 6.45) is 1.18. The van der Waals surface area contributed by atoms with Crippen molar-refractivity contribution in [3.63, 3.8) is 0 Å². The van der Waals surface area contributed by atoms with Crippen molar-refractivity contribution in [2.75, 3.05) is 11.9 Å². The molecule has 0 bridgehead atoms. The number of anilines is 1. The van der Waals surface area contributed by atoms with Gasteiger partial charge in [0, 0.05) is 12.2 Å². The molecule has 0 amide bonds. The Kier molecular flexibility index (Phi) is 5.68. The van der Waals surface area contributed by atoms with Gasteiger partial charge >= 0.3 is 0 Å². The van der Waals surface area contributed by atoms with Crippen LogP contribution in [0.4, 0.5) is 5.69 Å². The highest BCUT2D eigenvalue weighted by Crippen LogP contribution is 2.21. The van der Waals surface area contributed by atoms with Crippen molar-refractivity contribution < 1.29 is 4.74 Å². The molecular weight excluding hydrogens is 258 g/mol. The van der Waals surface area contributed by atoms with Gasteiger partial charge in [0.05, 0.1) is 6.61 Å². The summed E-state index contributed by atoms with van der Waals surface area (Å²) < 4.78 is 5.53. The van der Waals surface area contributed by atoms with E-state index in [0.717, 1.165) is 18.0 Å². The maximum Gasteiger partial charge on any atom is 0.119 e. The molecule has 2 heteroatoms. The van der Waals surface area contributed by atoms with Crippen LogP contribution in [-0.2, 0) is 6.54 Å². The quantitative estimate of drug-likeness (QED) is 0.753. The van der Waals surface area contributed by atoms with Crippen molar-refractivity contribution >= 4 is 5.69 Å². The molecule has 0 aliphatic heterocycles. The molecule has 1 unspecified atom stereocenters. The van der Waals surface area contributed by atoms with E-state index in [0.29, 0.717) is 12.5 Å². The molecule has 2 rings (SSSR count). The van der Waals surface area contributed by atoms with Crippen LogP contribution in [0.2, 0.25) is 0 Å². The molecule has 0 saturated carbocycles. The van der Waals surface area contributed by atoms with E-state index in [4.69, 9.17) is 4.74 Å².